The van der Waals surface area contributed by atoms with E-state index in [1.54, 1.807) is 18.9 Å². The summed E-state index contributed by atoms with van der Waals surface area (Å²) in [5, 5.41) is 0.917. The van der Waals surface area contributed by atoms with E-state index in [0.717, 1.165) is 49.5 Å². The number of fused-ring (bicyclic) bond motifs is 1. The molecular weight excluding hydrogens is 300 g/mol. The van der Waals surface area contributed by atoms with Gasteiger partial charge in [-0.1, -0.05) is 0 Å². The Morgan fingerprint density at radius 2 is 2.23 bits per heavy atom. The first-order valence-electron chi connectivity index (χ1n) is 8.15. The lowest BCUT2D eigenvalue weighted by Crippen LogP contribution is -2.33. The van der Waals surface area contributed by atoms with Crippen molar-refractivity contribution < 1.29 is 9.47 Å². The summed E-state index contributed by atoms with van der Waals surface area (Å²) in [5.41, 5.74) is 2.36. The van der Waals surface area contributed by atoms with Gasteiger partial charge < -0.3 is 9.47 Å². The van der Waals surface area contributed by atoms with Crippen LogP contribution in [0.2, 0.25) is 0 Å². The van der Waals surface area contributed by atoms with Crippen LogP contribution in [0.15, 0.2) is 9.82 Å². The van der Waals surface area contributed by atoms with Crippen molar-refractivity contribution in [1.29, 1.82) is 0 Å². The summed E-state index contributed by atoms with van der Waals surface area (Å²) in [6.07, 6.45) is 6.68. The number of thioether (sulfide) groups is 1. The number of methoxy groups -OCH3 is 1. The summed E-state index contributed by atoms with van der Waals surface area (Å²) in [6, 6.07) is 0. The van der Waals surface area contributed by atoms with E-state index in [4.69, 9.17) is 9.47 Å². The van der Waals surface area contributed by atoms with Gasteiger partial charge in [0, 0.05) is 30.7 Å². The molecule has 1 saturated heterocycles. The normalized spacial score (nSPS) is 21.0. The Morgan fingerprint density at radius 1 is 1.36 bits per heavy atom. The van der Waals surface area contributed by atoms with Crippen molar-refractivity contribution in [2.75, 3.05) is 26.1 Å². The standard InChI is InChI=1S/C16H24N2O3S/c1-20-9-10-22-15-13-6-2-3-7-14(13)18(16(19)17-15)11-12-5-4-8-21-12/h12H,2-11H2,1H3. The molecule has 0 saturated carbocycles. The van der Waals surface area contributed by atoms with Crippen molar-refractivity contribution in [2.24, 2.45) is 0 Å². The van der Waals surface area contributed by atoms with Crippen molar-refractivity contribution >= 4 is 11.8 Å². The van der Waals surface area contributed by atoms with Crippen molar-refractivity contribution in [3.8, 4) is 0 Å². The molecule has 0 bridgehead atoms. The summed E-state index contributed by atoms with van der Waals surface area (Å²) in [4.78, 5) is 16.8. The molecule has 1 atom stereocenters. The Labute approximate surface area is 135 Å². The van der Waals surface area contributed by atoms with Gasteiger partial charge in [-0.05, 0) is 38.5 Å². The second-order valence-electron chi connectivity index (χ2n) is 5.92. The predicted molar refractivity (Wildman–Crippen MR) is 86.7 cm³/mol. The number of hydrogen-bond acceptors (Lipinski definition) is 5. The van der Waals surface area contributed by atoms with Crippen LogP contribution in [0.4, 0.5) is 0 Å². The monoisotopic (exact) mass is 324 g/mol. The molecule has 3 rings (SSSR count). The number of ether oxygens (including phenoxy) is 2. The molecule has 1 aromatic rings. The largest absolute Gasteiger partial charge is 0.384 e. The lowest BCUT2D eigenvalue weighted by Gasteiger charge is -2.24. The van der Waals surface area contributed by atoms with Crippen molar-refractivity contribution in [3.63, 3.8) is 0 Å². The van der Waals surface area contributed by atoms with Gasteiger partial charge in [0.05, 0.1) is 19.3 Å². The third-order valence-electron chi connectivity index (χ3n) is 4.39. The van der Waals surface area contributed by atoms with Gasteiger partial charge in [0.25, 0.3) is 0 Å². The van der Waals surface area contributed by atoms with Gasteiger partial charge >= 0.3 is 5.69 Å². The summed E-state index contributed by atoms with van der Waals surface area (Å²) >= 11 is 1.64. The highest BCUT2D eigenvalue weighted by Gasteiger charge is 2.23. The molecule has 0 N–H and O–H groups in total. The summed E-state index contributed by atoms with van der Waals surface area (Å²) in [6.45, 7) is 2.16. The zero-order valence-corrected chi connectivity index (χ0v) is 14.0. The van der Waals surface area contributed by atoms with Crippen LogP contribution in [0.1, 0.15) is 36.9 Å². The third-order valence-corrected chi connectivity index (χ3v) is 5.37. The average Bonchev–Trinajstić information content (AvgIpc) is 3.04. The summed E-state index contributed by atoms with van der Waals surface area (Å²) in [7, 11) is 1.70. The maximum Gasteiger partial charge on any atom is 0.348 e. The van der Waals surface area contributed by atoms with Crippen LogP contribution < -0.4 is 5.69 Å². The lowest BCUT2D eigenvalue weighted by atomic mass is 9.97. The minimum absolute atomic E-state index is 0.115. The molecule has 0 radical (unpaired) electrons. The summed E-state index contributed by atoms with van der Waals surface area (Å²) < 4.78 is 12.7. The summed E-state index contributed by atoms with van der Waals surface area (Å²) in [5.74, 6) is 0.838. The number of aromatic nitrogens is 2. The Balaban J connectivity index is 1.88. The van der Waals surface area contributed by atoms with Gasteiger partial charge in [-0.15, -0.1) is 11.8 Å². The van der Waals surface area contributed by atoms with E-state index < -0.39 is 0 Å². The zero-order chi connectivity index (χ0) is 15.4. The molecule has 2 aliphatic rings. The Bertz CT molecular complexity index is 567. The molecule has 1 aliphatic carbocycles. The maximum absolute atomic E-state index is 12.5. The van der Waals surface area contributed by atoms with Crippen LogP contribution >= 0.6 is 11.8 Å². The number of rotatable bonds is 6. The molecule has 0 aromatic carbocycles. The van der Waals surface area contributed by atoms with Crippen LogP contribution in [0.3, 0.4) is 0 Å². The highest BCUT2D eigenvalue weighted by atomic mass is 32.2. The number of nitrogens with zero attached hydrogens (tertiary/aromatic N) is 2. The topological polar surface area (TPSA) is 53.3 Å². The molecule has 1 fully saturated rings. The zero-order valence-electron chi connectivity index (χ0n) is 13.2. The first kappa shape index (κ1) is 16.0. The fourth-order valence-corrected chi connectivity index (χ4v) is 4.25. The van der Waals surface area contributed by atoms with E-state index in [1.165, 1.54) is 17.7 Å². The fourth-order valence-electron chi connectivity index (χ4n) is 3.27. The molecule has 0 spiro atoms. The average molecular weight is 324 g/mol. The van der Waals surface area contributed by atoms with Crippen LogP contribution in [0.25, 0.3) is 0 Å². The van der Waals surface area contributed by atoms with E-state index in [9.17, 15) is 4.79 Å². The fraction of sp³-hybridized carbons (Fsp3) is 0.750. The van der Waals surface area contributed by atoms with Crippen molar-refractivity contribution in [2.45, 2.75) is 56.2 Å². The molecule has 6 heteroatoms. The molecule has 5 nitrogen and oxygen atoms in total. The van der Waals surface area contributed by atoms with Gasteiger partial charge in [-0.2, -0.15) is 4.98 Å². The second kappa shape index (κ2) is 7.62. The van der Waals surface area contributed by atoms with Gasteiger partial charge in [0.1, 0.15) is 5.03 Å². The SMILES string of the molecule is COCCSc1nc(=O)n(CC2CCCO2)c2c1CCCC2. The van der Waals surface area contributed by atoms with Gasteiger partial charge in [0.15, 0.2) is 0 Å². The van der Waals surface area contributed by atoms with Crippen LogP contribution in [0, 0.1) is 0 Å². The van der Waals surface area contributed by atoms with Gasteiger partial charge in [-0.25, -0.2) is 4.79 Å². The molecule has 1 aliphatic heterocycles. The molecule has 2 heterocycles. The minimum Gasteiger partial charge on any atom is -0.384 e. The molecule has 1 unspecified atom stereocenters. The van der Waals surface area contributed by atoms with E-state index in [-0.39, 0.29) is 11.8 Å². The van der Waals surface area contributed by atoms with Gasteiger partial charge in [-0.3, -0.25) is 4.57 Å². The Morgan fingerprint density at radius 3 is 3.00 bits per heavy atom. The van der Waals surface area contributed by atoms with E-state index >= 15 is 0 Å². The Hall–Kier alpha value is -0.850. The van der Waals surface area contributed by atoms with Crippen molar-refractivity contribution in [3.05, 3.63) is 21.7 Å². The van der Waals surface area contributed by atoms with E-state index in [2.05, 4.69) is 4.98 Å². The molecule has 0 amide bonds. The molecule has 22 heavy (non-hydrogen) atoms. The Kier molecular flexibility index (Phi) is 5.55. The third kappa shape index (κ3) is 3.55. The van der Waals surface area contributed by atoms with E-state index in [0.29, 0.717) is 13.2 Å². The van der Waals surface area contributed by atoms with Crippen molar-refractivity contribution in [1.82, 2.24) is 9.55 Å². The van der Waals surface area contributed by atoms with Gasteiger partial charge in [0.2, 0.25) is 0 Å². The van der Waals surface area contributed by atoms with Crippen LogP contribution in [-0.2, 0) is 28.9 Å². The predicted octanol–water partition coefficient (Wildman–Crippen LogP) is 2.04. The maximum atomic E-state index is 12.5. The highest BCUT2D eigenvalue weighted by Crippen LogP contribution is 2.29. The highest BCUT2D eigenvalue weighted by molar-refractivity contribution is 7.99. The van der Waals surface area contributed by atoms with Crippen LogP contribution in [-0.4, -0.2) is 41.7 Å². The molecular formula is C16H24N2O3S. The minimum atomic E-state index is -0.115. The quantitative estimate of drug-likeness (QED) is 0.455. The smallest absolute Gasteiger partial charge is 0.348 e. The molecule has 1 aromatic heterocycles. The lowest BCUT2D eigenvalue weighted by molar-refractivity contribution is 0.0947. The van der Waals surface area contributed by atoms with E-state index in [1.807, 2.05) is 4.57 Å². The van der Waals surface area contributed by atoms with Crippen LogP contribution in [0.5, 0.6) is 0 Å². The number of hydrogen-bond donors (Lipinski definition) is 0. The second-order valence-corrected chi connectivity index (χ2v) is 7.00. The molecule has 122 valence electrons. The first-order chi connectivity index (χ1) is 10.8. The first-order valence-corrected chi connectivity index (χ1v) is 9.14.